The van der Waals surface area contributed by atoms with Gasteiger partial charge in [0.2, 0.25) is 5.76 Å². The number of phenolic OH excluding ortho intramolecular Hbond substituents is 1. The Morgan fingerprint density at radius 2 is 1.83 bits per heavy atom. The van der Waals surface area contributed by atoms with Crippen LogP contribution in [0.4, 0.5) is 0 Å². The molecule has 3 aromatic rings. The van der Waals surface area contributed by atoms with Crippen molar-refractivity contribution in [2.75, 3.05) is 7.11 Å². The lowest BCUT2D eigenvalue weighted by Crippen LogP contribution is -2.05. The van der Waals surface area contributed by atoms with Gasteiger partial charge >= 0.3 is 11.9 Å². The van der Waals surface area contributed by atoms with Crippen LogP contribution in [0.5, 0.6) is 5.75 Å². The number of methoxy groups -OCH3 is 1. The highest BCUT2D eigenvalue weighted by Crippen LogP contribution is 2.29. The SMILES string of the molecule is COC(=O)c1ccc(COC(=O)c2ccc3ccccc3c2O)o1. The summed E-state index contributed by atoms with van der Waals surface area (Å²) in [5, 5.41) is 11.6. The number of ether oxygens (including phenoxy) is 2. The van der Waals surface area contributed by atoms with Gasteiger partial charge in [-0.2, -0.15) is 0 Å². The molecular formula is C18H14O6. The third-order valence-electron chi connectivity index (χ3n) is 3.51. The van der Waals surface area contributed by atoms with Crippen molar-refractivity contribution in [2.24, 2.45) is 0 Å². The van der Waals surface area contributed by atoms with Gasteiger partial charge in [-0.05, 0) is 23.6 Å². The average Bonchev–Trinajstić information content (AvgIpc) is 3.08. The highest BCUT2D eigenvalue weighted by Gasteiger charge is 2.17. The molecule has 1 heterocycles. The van der Waals surface area contributed by atoms with Crippen LogP contribution in [0.25, 0.3) is 10.8 Å². The van der Waals surface area contributed by atoms with Gasteiger partial charge in [-0.1, -0.05) is 30.3 Å². The molecule has 2 aromatic carbocycles. The monoisotopic (exact) mass is 326 g/mol. The summed E-state index contributed by atoms with van der Waals surface area (Å²) in [4.78, 5) is 23.5. The van der Waals surface area contributed by atoms with Crippen molar-refractivity contribution in [3.63, 3.8) is 0 Å². The molecule has 0 aliphatic rings. The number of hydrogen-bond donors (Lipinski definition) is 1. The Balaban J connectivity index is 1.74. The first-order valence-electron chi connectivity index (χ1n) is 7.15. The van der Waals surface area contributed by atoms with Gasteiger partial charge in [0.05, 0.1) is 7.11 Å². The molecule has 6 nitrogen and oxygen atoms in total. The molecule has 0 saturated heterocycles. The molecule has 122 valence electrons. The Labute approximate surface area is 137 Å². The molecular weight excluding hydrogens is 312 g/mol. The van der Waals surface area contributed by atoms with Gasteiger partial charge < -0.3 is 19.0 Å². The number of fused-ring (bicyclic) bond motifs is 1. The number of phenols is 1. The molecule has 0 amide bonds. The molecule has 0 aliphatic carbocycles. The molecule has 0 radical (unpaired) electrons. The minimum absolute atomic E-state index is 0.0251. The summed E-state index contributed by atoms with van der Waals surface area (Å²) < 4.78 is 14.9. The number of carbonyl (C=O) groups is 2. The Hall–Kier alpha value is -3.28. The second-order valence-electron chi connectivity index (χ2n) is 5.02. The van der Waals surface area contributed by atoms with Crippen LogP contribution in [0.2, 0.25) is 0 Å². The molecule has 0 bridgehead atoms. The number of benzene rings is 2. The van der Waals surface area contributed by atoms with E-state index in [4.69, 9.17) is 9.15 Å². The number of esters is 2. The number of carbonyl (C=O) groups excluding carboxylic acids is 2. The van der Waals surface area contributed by atoms with Gasteiger partial charge in [-0.15, -0.1) is 0 Å². The Bertz CT molecular complexity index is 909. The van der Waals surface area contributed by atoms with E-state index >= 15 is 0 Å². The summed E-state index contributed by atoms with van der Waals surface area (Å²) in [5.41, 5.74) is 0.0634. The normalized spacial score (nSPS) is 10.5. The fraction of sp³-hybridized carbons (Fsp3) is 0.111. The molecule has 0 atom stereocenters. The number of hydrogen-bond acceptors (Lipinski definition) is 6. The zero-order valence-electron chi connectivity index (χ0n) is 12.8. The van der Waals surface area contributed by atoms with Crippen LogP contribution < -0.4 is 0 Å². The van der Waals surface area contributed by atoms with Crippen LogP contribution in [0.3, 0.4) is 0 Å². The minimum Gasteiger partial charge on any atom is -0.506 e. The Morgan fingerprint density at radius 1 is 1.04 bits per heavy atom. The average molecular weight is 326 g/mol. The van der Waals surface area contributed by atoms with Crippen molar-refractivity contribution in [3.8, 4) is 5.75 Å². The molecule has 6 heteroatoms. The minimum atomic E-state index is -0.686. The van der Waals surface area contributed by atoms with Gasteiger partial charge in [-0.25, -0.2) is 9.59 Å². The van der Waals surface area contributed by atoms with Crippen LogP contribution in [0.1, 0.15) is 26.7 Å². The van der Waals surface area contributed by atoms with Crippen LogP contribution in [0, 0.1) is 0 Å². The lowest BCUT2D eigenvalue weighted by molar-refractivity contribution is 0.0435. The van der Waals surface area contributed by atoms with Crippen molar-refractivity contribution in [1.82, 2.24) is 0 Å². The maximum atomic E-state index is 12.2. The topological polar surface area (TPSA) is 86.0 Å². The number of rotatable bonds is 4. The first-order chi connectivity index (χ1) is 11.6. The highest BCUT2D eigenvalue weighted by molar-refractivity contribution is 6.01. The predicted molar refractivity (Wildman–Crippen MR) is 84.8 cm³/mol. The van der Waals surface area contributed by atoms with E-state index < -0.39 is 11.9 Å². The highest BCUT2D eigenvalue weighted by atomic mass is 16.6. The zero-order valence-corrected chi connectivity index (χ0v) is 12.8. The maximum absolute atomic E-state index is 12.2. The van der Waals surface area contributed by atoms with E-state index in [-0.39, 0.29) is 23.7 Å². The van der Waals surface area contributed by atoms with E-state index in [0.29, 0.717) is 11.1 Å². The summed E-state index contributed by atoms with van der Waals surface area (Å²) >= 11 is 0. The third-order valence-corrected chi connectivity index (χ3v) is 3.51. The second-order valence-corrected chi connectivity index (χ2v) is 5.02. The van der Waals surface area contributed by atoms with Gasteiger partial charge in [0.1, 0.15) is 23.7 Å². The Morgan fingerprint density at radius 3 is 2.62 bits per heavy atom. The molecule has 0 unspecified atom stereocenters. The van der Waals surface area contributed by atoms with Crippen molar-refractivity contribution in [3.05, 3.63) is 65.6 Å². The van der Waals surface area contributed by atoms with E-state index in [0.717, 1.165) is 5.39 Å². The fourth-order valence-electron chi connectivity index (χ4n) is 2.30. The van der Waals surface area contributed by atoms with Crippen molar-refractivity contribution in [1.29, 1.82) is 0 Å². The summed E-state index contributed by atoms with van der Waals surface area (Å²) in [7, 11) is 1.24. The molecule has 3 rings (SSSR count). The van der Waals surface area contributed by atoms with Crippen molar-refractivity contribution in [2.45, 2.75) is 6.61 Å². The van der Waals surface area contributed by atoms with E-state index in [2.05, 4.69) is 4.74 Å². The first kappa shape index (κ1) is 15.6. The van der Waals surface area contributed by atoms with E-state index in [1.54, 1.807) is 18.2 Å². The smallest absolute Gasteiger partial charge is 0.373 e. The van der Waals surface area contributed by atoms with Crippen molar-refractivity contribution < 1.29 is 28.6 Å². The molecule has 0 saturated carbocycles. The standard InChI is InChI=1S/C18H14O6/c1-22-18(21)15-9-7-12(24-15)10-23-17(20)14-8-6-11-4-2-3-5-13(11)16(14)19/h2-9,19H,10H2,1H3. The summed E-state index contributed by atoms with van der Waals surface area (Å²) in [6.07, 6.45) is 0. The van der Waals surface area contributed by atoms with Crippen LogP contribution in [-0.2, 0) is 16.1 Å². The van der Waals surface area contributed by atoms with Gasteiger partial charge in [0.15, 0.2) is 0 Å². The molecule has 1 N–H and O–H groups in total. The van der Waals surface area contributed by atoms with Gasteiger partial charge in [0.25, 0.3) is 0 Å². The first-order valence-corrected chi connectivity index (χ1v) is 7.15. The third kappa shape index (κ3) is 2.94. The van der Waals surface area contributed by atoms with Crippen LogP contribution in [0.15, 0.2) is 52.9 Å². The summed E-state index contributed by atoms with van der Waals surface area (Å²) in [6.45, 7) is -0.165. The quantitative estimate of drug-likeness (QED) is 0.741. The number of furan rings is 1. The van der Waals surface area contributed by atoms with Gasteiger partial charge in [-0.3, -0.25) is 0 Å². The largest absolute Gasteiger partial charge is 0.506 e. The lowest BCUT2D eigenvalue weighted by atomic mass is 10.1. The summed E-state index contributed by atoms with van der Waals surface area (Å²) in [6, 6.07) is 13.3. The zero-order chi connectivity index (χ0) is 17.1. The van der Waals surface area contributed by atoms with Gasteiger partial charge in [0, 0.05) is 5.39 Å². The molecule has 0 fully saturated rings. The molecule has 1 aromatic heterocycles. The van der Waals surface area contributed by atoms with Crippen LogP contribution >= 0.6 is 0 Å². The van der Waals surface area contributed by atoms with Crippen LogP contribution in [-0.4, -0.2) is 24.2 Å². The fourth-order valence-corrected chi connectivity index (χ4v) is 2.30. The van der Waals surface area contributed by atoms with E-state index in [9.17, 15) is 14.7 Å². The van der Waals surface area contributed by atoms with E-state index in [1.807, 2.05) is 12.1 Å². The molecule has 0 spiro atoms. The number of aromatic hydroxyl groups is 1. The molecule has 24 heavy (non-hydrogen) atoms. The lowest BCUT2D eigenvalue weighted by Gasteiger charge is -2.07. The Kier molecular flexibility index (Phi) is 4.20. The molecule has 0 aliphatic heterocycles. The van der Waals surface area contributed by atoms with E-state index in [1.165, 1.54) is 25.3 Å². The second kappa shape index (κ2) is 6.45. The maximum Gasteiger partial charge on any atom is 0.373 e. The van der Waals surface area contributed by atoms with Crippen molar-refractivity contribution >= 4 is 22.7 Å². The predicted octanol–water partition coefficient (Wildman–Crippen LogP) is 3.28. The summed E-state index contributed by atoms with van der Waals surface area (Å²) in [5.74, 6) is -1.11.